The van der Waals surface area contributed by atoms with Crippen LogP contribution in [0, 0.1) is 11.5 Å². The van der Waals surface area contributed by atoms with Crippen molar-refractivity contribution < 1.29 is 0 Å². The Balaban J connectivity index is 2.54. The zero-order valence-corrected chi connectivity index (χ0v) is 9.20. The van der Waals surface area contributed by atoms with Gasteiger partial charge < -0.3 is 5.32 Å². The number of nitrogens with one attached hydrogen (secondary N) is 2. The first-order valence-corrected chi connectivity index (χ1v) is 4.87. The number of hydrogen-bond donors (Lipinski definition) is 2. The highest BCUT2D eigenvalue weighted by molar-refractivity contribution is 5.80. The summed E-state index contributed by atoms with van der Waals surface area (Å²) in [5.74, 6) is 0.468. The molecule has 0 aliphatic carbocycles. The molecule has 2 N–H and O–H groups in total. The highest BCUT2D eigenvalue weighted by Crippen LogP contribution is 2.04. The molecule has 0 saturated heterocycles. The van der Waals surface area contributed by atoms with E-state index in [0.29, 0.717) is 12.5 Å². The molecular weight excluding hydrogens is 200 g/mol. The van der Waals surface area contributed by atoms with Gasteiger partial charge in [0, 0.05) is 13.6 Å². The summed E-state index contributed by atoms with van der Waals surface area (Å²) in [6, 6.07) is 7.99. The van der Waals surface area contributed by atoms with Crippen molar-refractivity contribution in [2.24, 2.45) is 4.99 Å². The molecule has 16 heavy (non-hydrogen) atoms. The van der Waals surface area contributed by atoms with Gasteiger partial charge in [-0.1, -0.05) is 36.9 Å². The number of rotatable bonds is 3. The van der Waals surface area contributed by atoms with Gasteiger partial charge in [0.2, 0.25) is 5.96 Å². The fraction of sp³-hybridized carbons (Fsp3) is 0.167. The van der Waals surface area contributed by atoms with Gasteiger partial charge >= 0.3 is 0 Å². The molecule has 82 valence electrons. The van der Waals surface area contributed by atoms with Crippen LogP contribution in [0.4, 0.5) is 0 Å². The number of nitriles is 1. The van der Waals surface area contributed by atoms with E-state index in [1.807, 2.05) is 30.5 Å². The molecule has 0 spiro atoms. The van der Waals surface area contributed by atoms with Gasteiger partial charge in [0.25, 0.3) is 0 Å². The Hall–Kier alpha value is -2.28. The Bertz CT molecular complexity index is 412. The lowest BCUT2D eigenvalue weighted by Crippen LogP contribution is -2.33. The van der Waals surface area contributed by atoms with E-state index in [4.69, 9.17) is 5.26 Å². The highest BCUT2D eigenvalue weighted by Gasteiger charge is 1.96. The average Bonchev–Trinajstić information content (AvgIpc) is 2.35. The number of hydrogen-bond acceptors (Lipinski definition) is 2. The lowest BCUT2D eigenvalue weighted by Gasteiger charge is -2.07. The summed E-state index contributed by atoms with van der Waals surface area (Å²) in [4.78, 5) is 3.88. The van der Waals surface area contributed by atoms with Crippen LogP contribution in [0.15, 0.2) is 35.8 Å². The first-order chi connectivity index (χ1) is 7.80. The fourth-order valence-corrected chi connectivity index (χ4v) is 1.19. The monoisotopic (exact) mass is 214 g/mol. The second-order valence-corrected chi connectivity index (χ2v) is 3.11. The first kappa shape index (κ1) is 11.8. The molecule has 0 amide bonds. The van der Waals surface area contributed by atoms with Gasteiger partial charge in [0.15, 0.2) is 6.19 Å². The van der Waals surface area contributed by atoms with Crippen LogP contribution in [0.1, 0.15) is 11.1 Å². The third kappa shape index (κ3) is 3.46. The highest BCUT2D eigenvalue weighted by atomic mass is 15.2. The molecule has 0 unspecified atom stereocenters. The molecule has 0 atom stereocenters. The van der Waals surface area contributed by atoms with Gasteiger partial charge in [-0.05, 0) is 11.1 Å². The predicted octanol–water partition coefficient (Wildman–Crippen LogP) is 1.48. The summed E-state index contributed by atoms with van der Waals surface area (Å²) < 4.78 is 0. The third-order valence-electron chi connectivity index (χ3n) is 2.07. The minimum Gasteiger partial charge on any atom is -0.352 e. The minimum atomic E-state index is 0.468. The molecular formula is C12H14N4. The summed E-state index contributed by atoms with van der Waals surface area (Å²) in [6.45, 7) is 4.32. The van der Waals surface area contributed by atoms with Crippen molar-refractivity contribution >= 4 is 12.0 Å². The second-order valence-electron chi connectivity index (χ2n) is 3.11. The summed E-state index contributed by atoms with van der Waals surface area (Å²) in [5.41, 5.74) is 2.20. The van der Waals surface area contributed by atoms with Crippen molar-refractivity contribution in [1.29, 1.82) is 5.26 Å². The Morgan fingerprint density at radius 2 is 2.19 bits per heavy atom. The van der Waals surface area contributed by atoms with Crippen LogP contribution in [0.25, 0.3) is 6.08 Å². The minimum absolute atomic E-state index is 0.468. The average molecular weight is 214 g/mol. The van der Waals surface area contributed by atoms with Crippen molar-refractivity contribution in [1.82, 2.24) is 10.6 Å². The van der Waals surface area contributed by atoms with Crippen LogP contribution in [-0.4, -0.2) is 13.0 Å². The molecule has 1 rings (SSSR count). The standard InChI is InChI=1S/C12H14N4/c1-3-10-4-6-11(7-5-10)8-15-12(14-2)16-9-13/h3-7H,1,8H2,2H3,(H2,14,15,16). The molecule has 0 bridgehead atoms. The summed E-state index contributed by atoms with van der Waals surface area (Å²) in [5, 5.41) is 13.9. The molecule has 1 aromatic rings. The van der Waals surface area contributed by atoms with Crippen LogP contribution in [-0.2, 0) is 6.54 Å². The van der Waals surface area contributed by atoms with E-state index < -0.39 is 0 Å². The van der Waals surface area contributed by atoms with E-state index >= 15 is 0 Å². The molecule has 0 saturated carbocycles. The van der Waals surface area contributed by atoms with Gasteiger partial charge in [-0.2, -0.15) is 5.26 Å². The third-order valence-corrected chi connectivity index (χ3v) is 2.07. The number of aliphatic imine (C=N–C) groups is 1. The molecule has 0 aliphatic heterocycles. The fourth-order valence-electron chi connectivity index (χ4n) is 1.19. The molecule has 0 radical (unpaired) electrons. The first-order valence-electron chi connectivity index (χ1n) is 4.87. The van der Waals surface area contributed by atoms with Gasteiger partial charge in [-0.25, -0.2) is 0 Å². The van der Waals surface area contributed by atoms with Gasteiger partial charge in [0.05, 0.1) is 0 Å². The van der Waals surface area contributed by atoms with E-state index in [9.17, 15) is 0 Å². The van der Waals surface area contributed by atoms with Crippen molar-refractivity contribution in [2.75, 3.05) is 7.05 Å². The van der Waals surface area contributed by atoms with Crippen LogP contribution in [0.5, 0.6) is 0 Å². The second kappa shape index (κ2) is 6.25. The molecule has 0 aromatic heterocycles. The van der Waals surface area contributed by atoms with Crippen LogP contribution in [0.3, 0.4) is 0 Å². The topological polar surface area (TPSA) is 60.2 Å². The lowest BCUT2D eigenvalue weighted by atomic mass is 10.1. The zero-order valence-electron chi connectivity index (χ0n) is 9.20. The number of guanidine groups is 1. The van der Waals surface area contributed by atoms with Crippen molar-refractivity contribution in [2.45, 2.75) is 6.54 Å². The van der Waals surface area contributed by atoms with E-state index in [0.717, 1.165) is 11.1 Å². The molecule has 4 nitrogen and oxygen atoms in total. The van der Waals surface area contributed by atoms with E-state index in [1.54, 1.807) is 13.1 Å². The summed E-state index contributed by atoms with van der Waals surface area (Å²) in [7, 11) is 1.62. The SMILES string of the molecule is C=Cc1ccc(CNC(=NC)NC#N)cc1. The Kier molecular flexibility index (Phi) is 4.61. The normalized spacial score (nSPS) is 10.4. The maximum atomic E-state index is 8.44. The van der Waals surface area contributed by atoms with Crippen molar-refractivity contribution in [3.05, 3.63) is 42.0 Å². The maximum Gasteiger partial charge on any atom is 0.204 e. The summed E-state index contributed by atoms with van der Waals surface area (Å²) in [6.07, 6.45) is 3.62. The number of nitrogens with zero attached hydrogens (tertiary/aromatic N) is 2. The summed E-state index contributed by atoms with van der Waals surface area (Å²) >= 11 is 0. The Labute approximate surface area is 95.3 Å². The Morgan fingerprint density at radius 1 is 1.50 bits per heavy atom. The lowest BCUT2D eigenvalue weighted by molar-refractivity contribution is 0.879. The van der Waals surface area contributed by atoms with Gasteiger partial charge in [-0.15, -0.1) is 0 Å². The molecule has 1 aromatic carbocycles. The van der Waals surface area contributed by atoms with Crippen molar-refractivity contribution in [3.63, 3.8) is 0 Å². The van der Waals surface area contributed by atoms with E-state index in [-0.39, 0.29) is 0 Å². The van der Waals surface area contributed by atoms with E-state index in [2.05, 4.69) is 22.2 Å². The molecule has 0 fully saturated rings. The predicted molar refractivity (Wildman–Crippen MR) is 65.5 cm³/mol. The zero-order chi connectivity index (χ0) is 11.8. The van der Waals surface area contributed by atoms with Gasteiger partial charge in [0.1, 0.15) is 0 Å². The largest absolute Gasteiger partial charge is 0.352 e. The number of benzene rings is 1. The van der Waals surface area contributed by atoms with Crippen LogP contribution >= 0.6 is 0 Å². The van der Waals surface area contributed by atoms with Gasteiger partial charge in [-0.3, -0.25) is 10.3 Å². The van der Waals surface area contributed by atoms with E-state index in [1.165, 1.54) is 0 Å². The Morgan fingerprint density at radius 3 is 2.69 bits per heavy atom. The van der Waals surface area contributed by atoms with Crippen LogP contribution in [0.2, 0.25) is 0 Å². The maximum absolute atomic E-state index is 8.44. The quantitative estimate of drug-likeness (QED) is 0.347. The molecule has 0 heterocycles. The molecule has 0 aliphatic rings. The van der Waals surface area contributed by atoms with Crippen molar-refractivity contribution in [3.8, 4) is 6.19 Å². The van der Waals surface area contributed by atoms with Crippen LogP contribution < -0.4 is 10.6 Å². The molecule has 4 heteroatoms. The smallest absolute Gasteiger partial charge is 0.204 e.